The molecule has 2 rings (SSSR count). The van der Waals surface area contributed by atoms with Crippen LogP contribution in [0, 0.1) is 13.8 Å². The first-order valence-corrected chi connectivity index (χ1v) is 11.5. The van der Waals surface area contributed by atoms with Gasteiger partial charge in [-0.25, -0.2) is 0 Å². The molecular weight excluding hydrogens is 518 g/mol. The highest BCUT2D eigenvalue weighted by molar-refractivity contribution is 9.10. The molecule has 0 fully saturated rings. The van der Waals surface area contributed by atoms with Gasteiger partial charge in [-0.2, -0.15) is 0 Å². The monoisotopic (exact) mass is 541 g/mol. The van der Waals surface area contributed by atoms with Crippen LogP contribution in [0.3, 0.4) is 0 Å². The van der Waals surface area contributed by atoms with Crippen LogP contribution in [-0.2, 0) is 4.79 Å². The zero-order chi connectivity index (χ0) is 23.7. The predicted octanol–water partition coefficient (Wildman–Crippen LogP) is 4.61. The van der Waals surface area contributed by atoms with Gasteiger partial charge < -0.3 is 9.47 Å². The van der Waals surface area contributed by atoms with Gasteiger partial charge in [0, 0.05) is 9.50 Å². The summed E-state index contributed by atoms with van der Waals surface area (Å²) in [6, 6.07) is 8.64. The fourth-order valence-corrected chi connectivity index (χ4v) is 3.25. The molecule has 0 aliphatic rings. The zero-order valence-electron chi connectivity index (χ0n) is 18.0. The Morgan fingerprint density at radius 2 is 1.78 bits per heavy atom. The lowest BCUT2D eigenvalue weighted by molar-refractivity contribution is -0.123. The minimum Gasteiger partial charge on any atom is -0.493 e. The fourth-order valence-electron chi connectivity index (χ4n) is 2.63. The van der Waals surface area contributed by atoms with E-state index in [0.29, 0.717) is 28.7 Å². The van der Waals surface area contributed by atoms with Gasteiger partial charge in [-0.05, 0) is 73.9 Å². The lowest BCUT2D eigenvalue weighted by Gasteiger charge is -2.14. The van der Waals surface area contributed by atoms with E-state index in [9.17, 15) is 9.59 Å². The summed E-state index contributed by atoms with van der Waals surface area (Å²) >= 11 is 14.6. The Balaban J connectivity index is 1.85. The van der Waals surface area contributed by atoms with Crippen LogP contribution < -0.4 is 25.6 Å². The maximum atomic E-state index is 12.6. The second-order valence-corrected chi connectivity index (χ2v) is 8.66. The van der Waals surface area contributed by atoms with Crippen molar-refractivity contribution >= 4 is 56.7 Å². The number of carbonyl (C=O) groups excluding carboxylic acids is 2. The largest absolute Gasteiger partial charge is 0.493 e. The normalized spacial score (nSPS) is 10.3. The highest BCUT2D eigenvalue weighted by Gasteiger charge is 2.15. The van der Waals surface area contributed by atoms with Gasteiger partial charge in [-0.15, -0.1) is 0 Å². The van der Waals surface area contributed by atoms with Gasteiger partial charge in [0.2, 0.25) is 0 Å². The lowest BCUT2D eigenvalue weighted by Crippen LogP contribution is -2.49. The summed E-state index contributed by atoms with van der Waals surface area (Å²) in [5.41, 5.74) is 6.90. The summed E-state index contributed by atoms with van der Waals surface area (Å²) in [5, 5.41) is 3.11. The van der Waals surface area contributed by atoms with Gasteiger partial charge >= 0.3 is 0 Å². The number of nitrogens with one attached hydrogen (secondary N) is 3. The van der Waals surface area contributed by atoms with E-state index in [-0.39, 0.29) is 11.7 Å². The number of rotatable bonds is 8. The molecule has 0 bridgehead atoms. The molecule has 32 heavy (non-hydrogen) atoms. The first kappa shape index (κ1) is 25.9. The predicted molar refractivity (Wildman–Crippen MR) is 132 cm³/mol. The molecule has 0 aromatic heterocycles. The topological polar surface area (TPSA) is 88.7 Å². The van der Waals surface area contributed by atoms with Crippen LogP contribution >= 0.6 is 39.7 Å². The number of ether oxygens (including phenoxy) is 2. The van der Waals surface area contributed by atoms with Crippen molar-refractivity contribution < 1.29 is 19.1 Å². The van der Waals surface area contributed by atoms with Crippen molar-refractivity contribution in [3.8, 4) is 11.5 Å². The van der Waals surface area contributed by atoms with Gasteiger partial charge in [0.25, 0.3) is 11.8 Å². The van der Waals surface area contributed by atoms with E-state index in [1.165, 1.54) is 0 Å². The van der Waals surface area contributed by atoms with Crippen LogP contribution in [0.15, 0.2) is 34.8 Å². The van der Waals surface area contributed by atoms with Crippen LogP contribution in [0.25, 0.3) is 0 Å². The average Bonchev–Trinajstić information content (AvgIpc) is 2.75. The Morgan fingerprint density at radius 3 is 2.44 bits per heavy atom. The standard InChI is InChI=1S/C22H25BrClN3O4S/c1-4-5-8-30-18-7-6-15(23)11-17(18)21(29)25-22(32)27-26-19(28)12-31-16-9-13(2)20(24)14(3)10-16/h6-7,9-11H,4-5,8,12H2,1-3H3,(H,26,28)(H2,25,27,29,32). The van der Waals surface area contributed by atoms with Crippen molar-refractivity contribution in [2.45, 2.75) is 33.6 Å². The van der Waals surface area contributed by atoms with E-state index >= 15 is 0 Å². The highest BCUT2D eigenvalue weighted by atomic mass is 79.9. The number of amides is 2. The first-order chi connectivity index (χ1) is 15.2. The number of hydrogen-bond donors (Lipinski definition) is 3. The van der Waals surface area contributed by atoms with Crippen molar-refractivity contribution in [2.24, 2.45) is 0 Å². The van der Waals surface area contributed by atoms with Crippen molar-refractivity contribution in [1.82, 2.24) is 16.2 Å². The van der Waals surface area contributed by atoms with Crippen LogP contribution in [0.1, 0.15) is 41.3 Å². The maximum absolute atomic E-state index is 12.6. The number of hydrazine groups is 1. The summed E-state index contributed by atoms with van der Waals surface area (Å²) in [6.45, 7) is 6.03. The minimum absolute atomic E-state index is 0.0685. The van der Waals surface area contributed by atoms with E-state index in [0.717, 1.165) is 28.4 Å². The molecule has 172 valence electrons. The van der Waals surface area contributed by atoms with Crippen LogP contribution in [0.4, 0.5) is 0 Å². The third-order valence-corrected chi connectivity index (χ3v) is 5.56. The third kappa shape index (κ3) is 7.96. The second-order valence-electron chi connectivity index (χ2n) is 6.96. The number of aryl methyl sites for hydroxylation is 2. The van der Waals surface area contributed by atoms with Crippen molar-refractivity contribution in [3.63, 3.8) is 0 Å². The molecule has 2 aromatic rings. The van der Waals surface area contributed by atoms with Crippen molar-refractivity contribution in [3.05, 3.63) is 56.5 Å². The number of benzene rings is 2. The Bertz CT molecular complexity index is 980. The van der Waals surface area contributed by atoms with Gasteiger partial charge in [0.05, 0.1) is 12.2 Å². The van der Waals surface area contributed by atoms with E-state index in [2.05, 4.69) is 39.0 Å². The number of halogens is 2. The molecule has 7 nitrogen and oxygen atoms in total. The summed E-state index contributed by atoms with van der Waals surface area (Å²) in [6.07, 6.45) is 1.85. The van der Waals surface area contributed by atoms with Crippen molar-refractivity contribution in [2.75, 3.05) is 13.2 Å². The van der Waals surface area contributed by atoms with Gasteiger partial charge in [0.15, 0.2) is 11.7 Å². The van der Waals surface area contributed by atoms with E-state index in [4.69, 9.17) is 33.3 Å². The zero-order valence-corrected chi connectivity index (χ0v) is 21.2. The minimum atomic E-state index is -0.474. The smallest absolute Gasteiger partial charge is 0.276 e. The molecule has 0 heterocycles. The SMILES string of the molecule is CCCCOc1ccc(Br)cc1C(=O)NC(=S)NNC(=O)COc1cc(C)c(Cl)c(C)c1. The molecule has 0 aliphatic heterocycles. The Kier molecular flexibility index (Phi) is 10.2. The molecule has 0 spiro atoms. The first-order valence-electron chi connectivity index (χ1n) is 9.93. The molecule has 2 aromatic carbocycles. The Hall–Kier alpha value is -2.36. The molecule has 10 heteroatoms. The molecule has 0 radical (unpaired) electrons. The molecule has 3 N–H and O–H groups in total. The van der Waals surface area contributed by atoms with Crippen LogP contribution in [0.5, 0.6) is 11.5 Å². The number of thiocarbonyl (C=S) groups is 1. The van der Waals surface area contributed by atoms with Crippen LogP contribution in [-0.4, -0.2) is 30.1 Å². The molecule has 2 amide bonds. The summed E-state index contributed by atoms with van der Waals surface area (Å²) in [5.74, 6) is 0.0411. The highest BCUT2D eigenvalue weighted by Crippen LogP contribution is 2.26. The number of unbranched alkanes of at least 4 members (excludes halogenated alkanes) is 1. The van der Waals surface area contributed by atoms with Gasteiger partial charge in [-0.3, -0.25) is 25.8 Å². The molecular formula is C22H25BrClN3O4S. The molecule has 0 atom stereocenters. The van der Waals surface area contributed by atoms with Crippen molar-refractivity contribution in [1.29, 1.82) is 0 Å². The molecule has 0 aliphatic carbocycles. The van der Waals surface area contributed by atoms with E-state index in [1.807, 2.05) is 13.8 Å². The quantitative estimate of drug-likeness (QED) is 0.256. The molecule has 0 unspecified atom stereocenters. The molecule has 0 saturated heterocycles. The van der Waals surface area contributed by atoms with Gasteiger partial charge in [-0.1, -0.05) is 40.9 Å². The Morgan fingerprint density at radius 1 is 1.09 bits per heavy atom. The third-order valence-electron chi connectivity index (χ3n) is 4.26. The summed E-state index contributed by atoms with van der Waals surface area (Å²) in [4.78, 5) is 24.7. The maximum Gasteiger partial charge on any atom is 0.276 e. The van der Waals surface area contributed by atoms with Crippen LogP contribution in [0.2, 0.25) is 5.02 Å². The lowest BCUT2D eigenvalue weighted by atomic mass is 10.1. The summed E-state index contributed by atoms with van der Waals surface area (Å²) < 4.78 is 11.9. The average molecular weight is 543 g/mol. The van der Waals surface area contributed by atoms with E-state index < -0.39 is 11.8 Å². The number of hydrogen-bond acceptors (Lipinski definition) is 5. The summed E-state index contributed by atoms with van der Waals surface area (Å²) in [7, 11) is 0. The molecule has 0 saturated carbocycles. The Labute approximate surface area is 206 Å². The fraction of sp³-hybridized carbons (Fsp3) is 0.318. The van der Waals surface area contributed by atoms with Gasteiger partial charge in [0.1, 0.15) is 11.5 Å². The number of carbonyl (C=O) groups is 2. The van der Waals surface area contributed by atoms with E-state index in [1.54, 1.807) is 30.3 Å². The second kappa shape index (κ2) is 12.6.